The molecule has 0 spiro atoms. The lowest BCUT2D eigenvalue weighted by Gasteiger charge is -2.25. The summed E-state index contributed by atoms with van der Waals surface area (Å²) < 4.78 is 1.13. The molecule has 2 rings (SSSR count). The van der Waals surface area contributed by atoms with Gasteiger partial charge in [0.15, 0.2) is 5.65 Å². The van der Waals surface area contributed by atoms with Gasteiger partial charge in [-0.3, -0.25) is 0 Å². The van der Waals surface area contributed by atoms with Crippen LogP contribution in [0.1, 0.15) is 6.92 Å². The average Bonchev–Trinajstić information content (AvgIpc) is 2.74. The van der Waals surface area contributed by atoms with Crippen LogP contribution < -0.4 is 10.6 Å². The second-order valence-electron chi connectivity index (χ2n) is 3.53. The first kappa shape index (κ1) is 10.3. The van der Waals surface area contributed by atoms with Gasteiger partial charge in [0, 0.05) is 25.8 Å². The van der Waals surface area contributed by atoms with E-state index in [-0.39, 0.29) is 0 Å². The Kier molecular flexibility index (Phi) is 2.83. The molecule has 2 heterocycles. The fourth-order valence-electron chi connectivity index (χ4n) is 1.43. The lowest BCUT2D eigenvalue weighted by molar-refractivity contribution is 0.697. The van der Waals surface area contributed by atoms with E-state index in [1.54, 1.807) is 17.5 Å². The Balaban J connectivity index is 2.46. The van der Waals surface area contributed by atoms with Crippen molar-refractivity contribution in [3.8, 4) is 0 Å². The molecule has 0 bridgehead atoms. The van der Waals surface area contributed by atoms with Crippen LogP contribution in [0.25, 0.3) is 10.3 Å². The highest BCUT2D eigenvalue weighted by Gasteiger charge is 2.12. The molecule has 80 valence electrons. The van der Waals surface area contributed by atoms with Crippen molar-refractivity contribution < 1.29 is 0 Å². The van der Waals surface area contributed by atoms with Gasteiger partial charge in [0.2, 0.25) is 0 Å². The van der Waals surface area contributed by atoms with E-state index in [0.29, 0.717) is 12.6 Å². The molecule has 1 atom stereocenters. The zero-order chi connectivity index (χ0) is 10.8. The fraction of sp³-hybridized carbons (Fsp3) is 0.400. The smallest absolute Gasteiger partial charge is 0.172 e. The topological polar surface area (TPSA) is 55.0 Å². The highest BCUT2D eigenvalue weighted by Crippen LogP contribution is 2.28. The molecule has 0 aliphatic rings. The molecule has 4 nitrogen and oxygen atoms in total. The van der Waals surface area contributed by atoms with Gasteiger partial charge in [-0.25, -0.2) is 9.97 Å². The maximum absolute atomic E-state index is 5.66. The number of aromatic nitrogens is 2. The highest BCUT2D eigenvalue weighted by molar-refractivity contribution is 7.17. The van der Waals surface area contributed by atoms with Crippen LogP contribution in [-0.2, 0) is 0 Å². The van der Waals surface area contributed by atoms with Gasteiger partial charge in [0.25, 0.3) is 0 Å². The predicted octanol–water partition coefficient (Wildman–Crippen LogP) is 1.47. The maximum Gasteiger partial charge on any atom is 0.172 e. The number of hydrogen-bond acceptors (Lipinski definition) is 5. The van der Waals surface area contributed by atoms with Crippen molar-refractivity contribution in [3.05, 3.63) is 17.8 Å². The Hall–Kier alpha value is -1.20. The molecule has 0 amide bonds. The van der Waals surface area contributed by atoms with Crippen molar-refractivity contribution in [1.82, 2.24) is 9.97 Å². The van der Waals surface area contributed by atoms with Crippen molar-refractivity contribution >= 4 is 27.4 Å². The number of fused-ring (bicyclic) bond motifs is 1. The van der Waals surface area contributed by atoms with Crippen molar-refractivity contribution in [2.75, 3.05) is 18.5 Å². The first-order valence-electron chi connectivity index (χ1n) is 4.85. The normalized spacial score (nSPS) is 13.0. The highest BCUT2D eigenvalue weighted by atomic mass is 32.1. The fourth-order valence-corrected chi connectivity index (χ4v) is 2.24. The zero-order valence-corrected chi connectivity index (χ0v) is 9.66. The molecule has 0 radical (unpaired) electrons. The largest absolute Gasteiger partial charge is 0.369 e. The quantitative estimate of drug-likeness (QED) is 0.854. The van der Waals surface area contributed by atoms with Crippen LogP contribution in [0.15, 0.2) is 17.8 Å². The second-order valence-corrected chi connectivity index (χ2v) is 4.39. The summed E-state index contributed by atoms with van der Waals surface area (Å²) in [6.45, 7) is 2.74. The lowest BCUT2D eigenvalue weighted by atomic mass is 10.2. The SMILES string of the molecule is CC(CN)N(C)c1ccnc2ncsc12. The Morgan fingerprint density at radius 3 is 3.07 bits per heavy atom. The van der Waals surface area contributed by atoms with Gasteiger partial charge in [-0.1, -0.05) is 0 Å². The van der Waals surface area contributed by atoms with Crippen molar-refractivity contribution in [2.24, 2.45) is 5.73 Å². The van der Waals surface area contributed by atoms with Gasteiger partial charge in [0.1, 0.15) is 0 Å². The molecule has 0 aliphatic heterocycles. The van der Waals surface area contributed by atoms with E-state index >= 15 is 0 Å². The first-order valence-corrected chi connectivity index (χ1v) is 5.73. The molecule has 2 aromatic rings. The molecule has 0 aliphatic carbocycles. The van der Waals surface area contributed by atoms with E-state index in [9.17, 15) is 0 Å². The molecule has 5 heteroatoms. The average molecular weight is 222 g/mol. The summed E-state index contributed by atoms with van der Waals surface area (Å²) >= 11 is 1.61. The number of pyridine rings is 1. The molecule has 1 unspecified atom stereocenters. The summed E-state index contributed by atoms with van der Waals surface area (Å²) in [7, 11) is 2.05. The van der Waals surface area contributed by atoms with E-state index in [1.165, 1.54) is 0 Å². The third-order valence-electron chi connectivity index (χ3n) is 2.59. The third-order valence-corrected chi connectivity index (χ3v) is 3.43. The zero-order valence-electron chi connectivity index (χ0n) is 8.84. The lowest BCUT2D eigenvalue weighted by Crippen LogP contribution is -2.35. The van der Waals surface area contributed by atoms with Gasteiger partial charge in [0.05, 0.1) is 15.9 Å². The van der Waals surface area contributed by atoms with Gasteiger partial charge < -0.3 is 10.6 Å². The molecule has 0 aromatic carbocycles. The Morgan fingerprint density at radius 1 is 1.53 bits per heavy atom. The Morgan fingerprint density at radius 2 is 2.33 bits per heavy atom. The van der Waals surface area contributed by atoms with Crippen molar-refractivity contribution in [3.63, 3.8) is 0 Å². The van der Waals surface area contributed by atoms with Gasteiger partial charge in [-0.15, -0.1) is 11.3 Å². The first-order chi connectivity index (χ1) is 7.24. The van der Waals surface area contributed by atoms with Crippen LogP contribution in [-0.4, -0.2) is 29.6 Å². The number of anilines is 1. The molecular formula is C10H14N4S. The minimum absolute atomic E-state index is 0.317. The summed E-state index contributed by atoms with van der Waals surface area (Å²) in [6.07, 6.45) is 1.79. The van der Waals surface area contributed by atoms with Gasteiger partial charge in [-0.05, 0) is 13.0 Å². The summed E-state index contributed by atoms with van der Waals surface area (Å²) in [5.74, 6) is 0. The Bertz CT molecular complexity index is 453. The maximum atomic E-state index is 5.66. The van der Waals surface area contributed by atoms with E-state index < -0.39 is 0 Å². The minimum atomic E-state index is 0.317. The van der Waals surface area contributed by atoms with E-state index in [2.05, 4.69) is 21.8 Å². The van der Waals surface area contributed by atoms with Crippen LogP contribution in [0.2, 0.25) is 0 Å². The number of likely N-dealkylation sites (N-methyl/N-ethyl adjacent to an activating group) is 1. The molecule has 0 saturated heterocycles. The predicted molar refractivity (Wildman–Crippen MR) is 64.3 cm³/mol. The summed E-state index contributed by atoms with van der Waals surface area (Å²) in [5, 5.41) is 0. The van der Waals surface area contributed by atoms with Crippen LogP contribution >= 0.6 is 11.3 Å². The molecule has 2 N–H and O–H groups in total. The summed E-state index contributed by atoms with van der Waals surface area (Å²) in [6, 6.07) is 2.32. The number of hydrogen-bond donors (Lipinski definition) is 1. The van der Waals surface area contributed by atoms with Crippen LogP contribution in [0.4, 0.5) is 5.69 Å². The third kappa shape index (κ3) is 1.80. The van der Waals surface area contributed by atoms with Crippen molar-refractivity contribution in [1.29, 1.82) is 0 Å². The van der Waals surface area contributed by atoms with Gasteiger partial charge in [-0.2, -0.15) is 0 Å². The number of nitrogens with zero attached hydrogens (tertiary/aromatic N) is 3. The van der Waals surface area contributed by atoms with Gasteiger partial charge >= 0.3 is 0 Å². The summed E-state index contributed by atoms with van der Waals surface area (Å²) in [4.78, 5) is 10.6. The number of thiazole rings is 1. The van der Waals surface area contributed by atoms with E-state index in [4.69, 9.17) is 5.73 Å². The summed E-state index contributed by atoms with van der Waals surface area (Å²) in [5.41, 5.74) is 9.45. The van der Waals surface area contributed by atoms with E-state index in [0.717, 1.165) is 16.0 Å². The monoisotopic (exact) mass is 222 g/mol. The molecule has 0 saturated carbocycles. The minimum Gasteiger partial charge on any atom is -0.369 e. The number of nitrogens with two attached hydrogens (primary N) is 1. The van der Waals surface area contributed by atoms with Crippen molar-refractivity contribution in [2.45, 2.75) is 13.0 Å². The Labute approximate surface area is 92.8 Å². The van der Waals surface area contributed by atoms with Crippen LogP contribution in [0.3, 0.4) is 0 Å². The molecule has 0 fully saturated rings. The standard InChI is InChI=1S/C10H14N4S/c1-7(5-11)14(2)8-3-4-12-10-9(8)15-6-13-10/h3-4,6-7H,5,11H2,1-2H3. The van der Waals surface area contributed by atoms with Crippen LogP contribution in [0.5, 0.6) is 0 Å². The number of rotatable bonds is 3. The van der Waals surface area contributed by atoms with Crippen LogP contribution in [0, 0.1) is 0 Å². The molecular weight excluding hydrogens is 208 g/mol. The molecule has 2 aromatic heterocycles. The van der Waals surface area contributed by atoms with E-state index in [1.807, 2.05) is 18.6 Å². The molecule has 15 heavy (non-hydrogen) atoms. The second kappa shape index (κ2) is 4.12.